The molecule has 3 rings (SSSR count). The van der Waals surface area contributed by atoms with Crippen LogP contribution < -0.4 is 10.1 Å². The van der Waals surface area contributed by atoms with Crippen molar-refractivity contribution in [2.24, 2.45) is 0 Å². The van der Waals surface area contributed by atoms with Crippen molar-refractivity contribution in [3.8, 4) is 5.75 Å². The molecule has 2 amide bonds. The number of carbonyl (C=O) groups is 2. The number of carbonyl (C=O) groups excluding carboxylic acids is 2. The molecule has 2 fully saturated rings. The number of likely N-dealkylation sites (tertiary alicyclic amines) is 1. The van der Waals surface area contributed by atoms with Gasteiger partial charge in [-0.3, -0.25) is 14.5 Å². The van der Waals surface area contributed by atoms with Crippen molar-refractivity contribution in [2.75, 3.05) is 51.8 Å². The minimum Gasteiger partial charge on any atom is -0.497 e. The van der Waals surface area contributed by atoms with Gasteiger partial charge in [0.15, 0.2) is 0 Å². The molecule has 2 heterocycles. The average molecular weight is 375 g/mol. The maximum atomic E-state index is 12.8. The van der Waals surface area contributed by atoms with Crippen LogP contribution in [-0.4, -0.2) is 74.2 Å². The smallest absolute Gasteiger partial charge is 0.237 e. The fourth-order valence-corrected chi connectivity index (χ4v) is 3.68. The molecule has 2 aliphatic rings. The molecule has 1 aromatic rings. The van der Waals surface area contributed by atoms with Crippen LogP contribution in [0.1, 0.15) is 25.7 Å². The van der Waals surface area contributed by atoms with Gasteiger partial charge in [-0.05, 0) is 38.1 Å². The van der Waals surface area contributed by atoms with Gasteiger partial charge in [0.2, 0.25) is 11.8 Å². The lowest BCUT2D eigenvalue weighted by molar-refractivity contribution is -0.142. The predicted octanol–water partition coefficient (Wildman–Crippen LogP) is 1.74. The molecular formula is C20H29N3O4. The number of nitrogens with zero attached hydrogens (tertiary/aromatic N) is 2. The van der Waals surface area contributed by atoms with Gasteiger partial charge in [-0.1, -0.05) is 12.5 Å². The van der Waals surface area contributed by atoms with Crippen LogP contribution in [0.2, 0.25) is 0 Å². The van der Waals surface area contributed by atoms with Gasteiger partial charge < -0.3 is 19.7 Å². The minimum atomic E-state index is -0.221. The third kappa shape index (κ3) is 5.68. The lowest BCUT2D eigenvalue weighted by Crippen LogP contribution is -2.53. The zero-order valence-electron chi connectivity index (χ0n) is 16.0. The molecular weight excluding hydrogens is 346 g/mol. The van der Waals surface area contributed by atoms with Gasteiger partial charge in [-0.15, -0.1) is 0 Å². The molecule has 0 radical (unpaired) electrons. The van der Waals surface area contributed by atoms with Crippen LogP contribution in [-0.2, 0) is 14.3 Å². The van der Waals surface area contributed by atoms with Gasteiger partial charge >= 0.3 is 0 Å². The molecule has 0 bridgehead atoms. The molecule has 2 aliphatic heterocycles. The normalized spacial score (nSPS) is 20.9. The van der Waals surface area contributed by atoms with E-state index in [9.17, 15) is 9.59 Å². The molecule has 1 aromatic carbocycles. The summed E-state index contributed by atoms with van der Waals surface area (Å²) in [5.41, 5.74) is 0.683. The van der Waals surface area contributed by atoms with Gasteiger partial charge in [0.05, 0.1) is 32.9 Å². The van der Waals surface area contributed by atoms with E-state index in [0.717, 1.165) is 25.9 Å². The van der Waals surface area contributed by atoms with E-state index in [1.165, 1.54) is 6.42 Å². The van der Waals surface area contributed by atoms with E-state index >= 15 is 0 Å². The van der Waals surface area contributed by atoms with Crippen LogP contribution >= 0.6 is 0 Å². The summed E-state index contributed by atoms with van der Waals surface area (Å²) in [4.78, 5) is 29.3. The van der Waals surface area contributed by atoms with Crippen molar-refractivity contribution in [3.63, 3.8) is 0 Å². The second-order valence-electron chi connectivity index (χ2n) is 7.14. The summed E-state index contributed by atoms with van der Waals surface area (Å²) < 4.78 is 10.7. The molecule has 7 heteroatoms. The largest absolute Gasteiger partial charge is 0.497 e. The molecule has 1 atom stereocenters. The fourth-order valence-electron chi connectivity index (χ4n) is 3.68. The number of rotatable bonds is 6. The monoisotopic (exact) mass is 375 g/mol. The standard InChI is InChI=1S/C20H29N3O4/c1-26-18-7-5-6-16(12-18)21-19(24)13-17-15-27-11-10-23(17)20(25)14-22-8-3-2-4-9-22/h5-7,12,17H,2-4,8-11,13-15H2,1H3,(H,21,24). The number of amides is 2. The van der Waals surface area contributed by atoms with Crippen LogP contribution in [0, 0.1) is 0 Å². The summed E-state index contributed by atoms with van der Waals surface area (Å²) in [7, 11) is 1.59. The average Bonchev–Trinajstić information content (AvgIpc) is 2.69. The SMILES string of the molecule is COc1cccc(NC(=O)CC2COCCN2C(=O)CN2CCCCC2)c1. The van der Waals surface area contributed by atoms with Crippen molar-refractivity contribution in [2.45, 2.75) is 31.7 Å². The molecule has 1 unspecified atom stereocenters. The number of hydrogen-bond acceptors (Lipinski definition) is 5. The zero-order valence-corrected chi connectivity index (χ0v) is 16.0. The Balaban J connectivity index is 1.55. The second-order valence-corrected chi connectivity index (χ2v) is 7.14. The van der Waals surface area contributed by atoms with E-state index in [1.54, 1.807) is 13.2 Å². The van der Waals surface area contributed by atoms with Crippen LogP contribution in [0.5, 0.6) is 5.75 Å². The van der Waals surface area contributed by atoms with Crippen molar-refractivity contribution in [1.29, 1.82) is 0 Å². The summed E-state index contributed by atoms with van der Waals surface area (Å²) >= 11 is 0. The number of ether oxygens (including phenoxy) is 2. The first kappa shape index (κ1) is 19.6. The summed E-state index contributed by atoms with van der Waals surface area (Å²) in [6.07, 6.45) is 3.78. The first-order valence-electron chi connectivity index (χ1n) is 9.69. The number of methoxy groups -OCH3 is 1. The van der Waals surface area contributed by atoms with Crippen molar-refractivity contribution >= 4 is 17.5 Å². The minimum absolute atomic E-state index is 0.0966. The van der Waals surface area contributed by atoms with E-state index < -0.39 is 0 Å². The fraction of sp³-hybridized carbons (Fsp3) is 0.600. The van der Waals surface area contributed by atoms with Gasteiger partial charge in [-0.25, -0.2) is 0 Å². The van der Waals surface area contributed by atoms with Gasteiger partial charge in [-0.2, -0.15) is 0 Å². The summed E-state index contributed by atoms with van der Waals surface area (Å²) in [5, 5.41) is 2.88. The molecule has 0 spiro atoms. The molecule has 0 aliphatic carbocycles. The number of nitrogens with one attached hydrogen (secondary N) is 1. The van der Waals surface area contributed by atoms with Crippen LogP contribution in [0.15, 0.2) is 24.3 Å². The van der Waals surface area contributed by atoms with E-state index in [2.05, 4.69) is 10.2 Å². The summed E-state index contributed by atoms with van der Waals surface area (Å²) in [6, 6.07) is 7.02. The Hall–Kier alpha value is -2.12. The lowest BCUT2D eigenvalue weighted by atomic mass is 10.1. The first-order chi connectivity index (χ1) is 13.2. The van der Waals surface area contributed by atoms with Gasteiger partial charge in [0.25, 0.3) is 0 Å². The molecule has 0 aromatic heterocycles. The maximum Gasteiger partial charge on any atom is 0.237 e. The number of piperidine rings is 1. The van der Waals surface area contributed by atoms with E-state index in [1.807, 2.05) is 23.1 Å². The van der Waals surface area contributed by atoms with Crippen molar-refractivity contribution in [3.05, 3.63) is 24.3 Å². The van der Waals surface area contributed by atoms with E-state index in [0.29, 0.717) is 37.7 Å². The number of benzene rings is 1. The van der Waals surface area contributed by atoms with Gasteiger partial charge in [0.1, 0.15) is 5.75 Å². The highest BCUT2D eigenvalue weighted by Crippen LogP contribution is 2.18. The molecule has 0 saturated carbocycles. The molecule has 1 N–H and O–H groups in total. The molecule has 7 nitrogen and oxygen atoms in total. The summed E-state index contributed by atoms with van der Waals surface area (Å²) in [5.74, 6) is 0.654. The Kier molecular flexibility index (Phi) is 7.06. The Labute approximate surface area is 160 Å². The third-order valence-electron chi connectivity index (χ3n) is 5.13. The zero-order chi connectivity index (χ0) is 19.1. The van der Waals surface area contributed by atoms with Gasteiger partial charge in [0, 0.05) is 24.7 Å². The van der Waals surface area contributed by atoms with E-state index in [-0.39, 0.29) is 24.3 Å². The highest BCUT2D eigenvalue weighted by Gasteiger charge is 2.30. The molecule has 27 heavy (non-hydrogen) atoms. The molecule has 2 saturated heterocycles. The maximum absolute atomic E-state index is 12.8. The highest BCUT2D eigenvalue weighted by molar-refractivity contribution is 5.91. The van der Waals surface area contributed by atoms with Crippen LogP contribution in [0.4, 0.5) is 5.69 Å². The Morgan fingerprint density at radius 2 is 2.04 bits per heavy atom. The topological polar surface area (TPSA) is 71.1 Å². The third-order valence-corrected chi connectivity index (χ3v) is 5.13. The molecule has 148 valence electrons. The number of hydrogen-bond donors (Lipinski definition) is 1. The van der Waals surface area contributed by atoms with Crippen molar-refractivity contribution < 1.29 is 19.1 Å². The Bertz CT molecular complexity index is 646. The quantitative estimate of drug-likeness (QED) is 0.820. The Morgan fingerprint density at radius 3 is 2.81 bits per heavy atom. The van der Waals surface area contributed by atoms with Crippen LogP contribution in [0.25, 0.3) is 0 Å². The summed E-state index contributed by atoms with van der Waals surface area (Å²) in [6.45, 7) is 3.88. The van der Waals surface area contributed by atoms with E-state index in [4.69, 9.17) is 9.47 Å². The Morgan fingerprint density at radius 1 is 1.22 bits per heavy atom. The predicted molar refractivity (Wildman–Crippen MR) is 103 cm³/mol. The number of anilines is 1. The first-order valence-corrected chi connectivity index (χ1v) is 9.69. The van der Waals surface area contributed by atoms with Crippen molar-refractivity contribution in [1.82, 2.24) is 9.80 Å². The lowest BCUT2D eigenvalue weighted by Gasteiger charge is -2.37. The van der Waals surface area contributed by atoms with Crippen LogP contribution in [0.3, 0.4) is 0 Å². The second kappa shape index (κ2) is 9.71. The highest BCUT2D eigenvalue weighted by atomic mass is 16.5. The number of morpholine rings is 1.